The molecular formula is C16H22ClNO2. The van der Waals surface area contributed by atoms with E-state index in [0.29, 0.717) is 23.8 Å². The molecule has 110 valence electrons. The van der Waals surface area contributed by atoms with E-state index in [1.807, 2.05) is 31.2 Å². The van der Waals surface area contributed by atoms with Gasteiger partial charge in [0.1, 0.15) is 0 Å². The van der Waals surface area contributed by atoms with Gasteiger partial charge >= 0.3 is 0 Å². The monoisotopic (exact) mass is 295 g/mol. The summed E-state index contributed by atoms with van der Waals surface area (Å²) in [6.45, 7) is 2.06. The summed E-state index contributed by atoms with van der Waals surface area (Å²) >= 11 is 5.95. The van der Waals surface area contributed by atoms with Gasteiger partial charge < -0.3 is 10.4 Å². The molecule has 0 bridgehead atoms. The molecule has 1 aromatic carbocycles. The predicted molar refractivity (Wildman–Crippen MR) is 80.7 cm³/mol. The quantitative estimate of drug-likeness (QED) is 0.813. The molecule has 0 radical (unpaired) electrons. The zero-order valence-electron chi connectivity index (χ0n) is 11.8. The van der Waals surface area contributed by atoms with Crippen molar-refractivity contribution in [3.05, 3.63) is 34.9 Å². The van der Waals surface area contributed by atoms with Gasteiger partial charge in [-0.05, 0) is 49.3 Å². The second-order valence-electron chi connectivity index (χ2n) is 5.70. The van der Waals surface area contributed by atoms with E-state index in [2.05, 4.69) is 5.32 Å². The van der Waals surface area contributed by atoms with E-state index < -0.39 is 0 Å². The van der Waals surface area contributed by atoms with Crippen molar-refractivity contribution < 1.29 is 9.90 Å². The van der Waals surface area contributed by atoms with E-state index >= 15 is 0 Å². The van der Waals surface area contributed by atoms with E-state index in [4.69, 9.17) is 16.7 Å². The molecule has 0 saturated heterocycles. The first-order valence-corrected chi connectivity index (χ1v) is 7.63. The van der Waals surface area contributed by atoms with Gasteiger partial charge in [-0.3, -0.25) is 4.79 Å². The van der Waals surface area contributed by atoms with Gasteiger partial charge in [0, 0.05) is 23.6 Å². The molecule has 0 heterocycles. The fourth-order valence-electron chi connectivity index (χ4n) is 2.50. The lowest BCUT2D eigenvalue weighted by atomic mass is 9.99. The van der Waals surface area contributed by atoms with Crippen LogP contribution in [0.2, 0.25) is 5.02 Å². The Hall–Kier alpha value is -1.06. The number of nitrogens with one attached hydrogen (secondary N) is 1. The van der Waals surface area contributed by atoms with Crippen LogP contribution >= 0.6 is 11.6 Å². The first-order chi connectivity index (χ1) is 9.60. The second kappa shape index (κ2) is 7.09. The third kappa shape index (κ3) is 4.50. The zero-order chi connectivity index (χ0) is 14.5. The lowest BCUT2D eigenvalue weighted by molar-refractivity contribution is -0.125. The van der Waals surface area contributed by atoms with Gasteiger partial charge in [-0.25, -0.2) is 0 Å². The van der Waals surface area contributed by atoms with Crippen molar-refractivity contribution in [2.45, 2.75) is 38.6 Å². The van der Waals surface area contributed by atoms with E-state index in [0.717, 1.165) is 18.4 Å². The van der Waals surface area contributed by atoms with Crippen molar-refractivity contribution in [2.75, 3.05) is 6.61 Å². The maximum absolute atomic E-state index is 12.2. The molecule has 1 fully saturated rings. The molecule has 1 saturated carbocycles. The minimum Gasteiger partial charge on any atom is -0.396 e. The Kier molecular flexibility index (Phi) is 5.44. The molecule has 2 unspecified atom stereocenters. The molecule has 2 atom stereocenters. The van der Waals surface area contributed by atoms with Crippen molar-refractivity contribution in [3.8, 4) is 0 Å². The number of halogens is 1. The largest absolute Gasteiger partial charge is 0.396 e. The van der Waals surface area contributed by atoms with Crippen LogP contribution in [0, 0.1) is 11.8 Å². The Labute approximate surface area is 125 Å². The highest BCUT2D eigenvalue weighted by Gasteiger charge is 2.32. The van der Waals surface area contributed by atoms with Crippen LogP contribution in [0.4, 0.5) is 0 Å². The van der Waals surface area contributed by atoms with E-state index in [9.17, 15) is 4.79 Å². The van der Waals surface area contributed by atoms with Gasteiger partial charge in [-0.1, -0.05) is 30.7 Å². The summed E-state index contributed by atoms with van der Waals surface area (Å²) in [5.41, 5.74) is 1.07. The average molecular weight is 296 g/mol. The third-order valence-electron chi connectivity index (χ3n) is 3.84. The van der Waals surface area contributed by atoms with Gasteiger partial charge in [0.25, 0.3) is 0 Å². The van der Waals surface area contributed by atoms with Crippen molar-refractivity contribution in [3.63, 3.8) is 0 Å². The minimum absolute atomic E-state index is 0.0651. The summed E-state index contributed by atoms with van der Waals surface area (Å²) in [6, 6.07) is 7.76. The van der Waals surface area contributed by atoms with Crippen LogP contribution in [0.5, 0.6) is 0 Å². The highest BCUT2D eigenvalue weighted by atomic mass is 35.5. The third-order valence-corrected chi connectivity index (χ3v) is 4.07. The van der Waals surface area contributed by atoms with Crippen LogP contribution in [0.3, 0.4) is 0 Å². The Balaban J connectivity index is 1.87. The van der Waals surface area contributed by atoms with Gasteiger partial charge in [0.05, 0.1) is 0 Å². The summed E-state index contributed by atoms with van der Waals surface area (Å²) in [5.74, 6) is 0.535. The Morgan fingerprint density at radius 2 is 2.25 bits per heavy atom. The molecule has 4 heteroatoms. The Morgan fingerprint density at radius 1 is 1.50 bits per heavy atom. The lowest BCUT2D eigenvalue weighted by Crippen LogP contribution is -2.40. The second-order valence-corrected chi connectivity index (χ2v) is 6.14. The summed E-state index contributed by atoms with van der Waals surface area (Å²) in [4.78, 5) is 12.2. The van der Waals surface area contributed by atoms with Gasteiger partial charge in [-0.2, -0.15) is 0 Å². The number of carbonyl (C=O) groups is 1. The molecule has 2 rings (SSSR count). The van der Waals surface area contributed by atoms with Crippen molar-refractivity contribution in [1.29, 1.82) is 0 Å². The zero-order valence-corrected chi connectivity index (χ0v) is 12.6. The highest BCUT2D eigenvalue weighted by Crippen LogP contribution is 2.34. The summed E-state index contributed by atoms with van der Waals surface area (Å²) in [7, 11) is 0. The van der Waals surface area contributed by atoms with Gasteiger partial charge in [0.2, 0.25) is 5.91 Å². The SMILES string of the molecule is CC(Cc1cccc(Cl)c1)C(=O)NC(CCO)C1CC1. The Morgan fingerprint density at radius 3 is 2.85 bits per heavy atom. The fraction of sp³-hybridized carbons (Fsp3) is 0.562. The fourth-order valence-corrected chi connectivity index (χ4v) is 2.71. The molecule has 2 N–H and O–H groups in total. The van der Waals surface area contributed by atoms with E-state index in [1.54, 1.807) is 0 Å². The standard InChI is InChI=1S/C16H22ClNO2/c1-11(9-12-3-2-4-14(17)10-12)16(20)18-15(7-8-19)13-5-6-13/h2-4,10-11,13,15,19H,5-9H2,1H3,(H,18,20). The van der Waals surface area contributed by atoms with Crippen LogP contribution in [-0.2, 0) is 11.2 Å². The Bertz CT molecular complexity index is 460. The van der Waals surface area contributed by atoms with Gasteiger partial charge in [0.15, 0.2) is 0 Å². The van der Waals surface area contributed by atoms with Crippen LogP contribution < -0.4 is 5.32 Å². The summed E-state index contributed by atoms with van der Waals surface area (Å²) < 4.78 is 0. The number of benzene rings is 1. The molecule has 1 aromatic rings. The predicted octanol–water partition coefficient (Wildman–Crippen LogP) is 2.80. The summed E-state index contributed by atoms with van der Waals surface area (Å²) in [5, 5.41) is 12.8. The maximum atomic E-state index is 12.2. The molecular weight excluding hydrogens is 274 g/mol. The van der Waals surface area contributed by atoms with Crippen LogP contribution in [-0.4, -0.2) is 23.7 Å². The number of amides is 1. The normalized spacial score (nSPS) is 17.6. The number of hydrogen-bond donors (Lipinski definition) is 2. The van der Waals surface area contributed by atoms with Gasteiger partial charge in [-0.15, -0.1) is 0 Å². The molecule has 0 spiro atoms. The van der Waals surface area contributed by atoms with Crippen molar-refractivity contribution in [2.24, 2.45) is 11.8 Å². The first-order valence-electron chi connectivity index (χ1n) is 7.26. The smallest absolute Gasteiger partial charge is 0.223 e. The maximum Gasteiger partial charge on any atom is 0.223 e. The summed E-state index contributed by atoms with van der Waals surface area (Å²) in [6.07, 6.45) is 3.66. The topological polar surface area (TPSA) is 49.3 Å². The molecule has 1 amide bonds. The van der Waals surface area contributed by atoms with Crippen molar-refractivity contribution in [1.82, 2.24) is 5.32 Å². The minimum atomic E-state index is -0.0894. The number of aliphatic hydroxyl groups is 1. The van der Waals surface area contributed by atoms with Crippen LogP contribution in [0.25, 0.3) is 0 Å². The molecule has 3 nitrogen and oxygen atoms in total. The molecule has 1 aliphatic rings. The highest BCUT2D eigenvalue weighted by molar-refractivity contribution is 6.30. The number of hydrogen-bond acceptors (Lipinski definition) is 2. The number of aliphatic hydroxyl groups excluding tert-OH is 1. The van der Waals surface area contributed by atoms with E-state index in [-0.39, 0.29) is 24.5 Å². The number of rotatable bonds is 7. The van der Waals surface area contributed by atoms with Crippen LogP contribution in [0.15, 0.2) is 24.3 Å². The molecule has 0 aliphatic heterocycles. The average Bonchev–Trinajstić information content (AvgIpc) is 3.22. The molecule has 20 heavy (non-hydrogen) atoms. The van der Waals surface area contributed by atoms with Crippen molar-refractivity contribution >= 4 is 17.5 Å². The lowest BCUT2D eigenvalue weighted by Gasteiger charge is -2.20. The first kappa shape index (κ1) is 15.3. The van der Waals surface area contributed by atoms with Crippen LogP contribution in [0.1, 0.15) is 31.7 Å². The molecule has 0 aromatic heterocycles. The number of carbonyl (C=O) groups excluding carboxylic acids is 1. The van der Waals surface area contributed by atoms with E-state index in [1.165, 1.54) is 0 Å². The molecule has 1 aliphatic carbocycles.